The zero-order chi connectivity index (χ0) is 11.3. The van der Waals surface area contributed by atoms with Crippen molar-refractivity contribution in [3.63, 3.8) is 0 Å². The molecule has 0 atom stereocenters. The Morgan fingerprint density at radius 2 is 1.75 bits per heavy atom. The summed E-state index contributed by atoms with van der Waals surface area (Å²) in [4.78, 5) is 0. The molecule has 0 fully saturated rings. The van der Waals surface area contributed by atoms with E-state index in [1.807, 2.05) is 0 Å². The van der Waals surface area contributed by atoms with Crippen molar-refractivity contribution in [1.82, 2.24) is 0 Å². The highest BCUT2D eigenvalue weighted by molar-refractivity contribution is 5.64. The van der Waals surface area contributed by atoms with Crippen LogP contribution in [-0.4, -0.2) is 0 Å². The summed E-state index contributed by atoms with van der Waals surface area (Å²) in [5, 5.41) is 0. The Hall–Kier alpha value is -1.63. The van der Waals surface area contributed by atoms with E-state index in [4.69, 9.17) is 0 Å². The maximum Gasteiger partial charge on any atom is 0.213 e. The Bertz CT molecular complexity index is 582. The molecule has 0 amide bonds. The lowest BCUT2D eigenvalue weighted by Gasteiger charge is -1.99. The van der Waals surface area contributed by atoms with E-state index >= 15 is 0 Å². The Kier molecular flexibility index (Phi) is 1.90. The fourth-order valence-corrected chi connectivity index (χ4v) is 2.60. The minimum Gasteiger partial charge on any atom is -0.191 e. The lowest BCUT2D eigenvalue weighted by Crippen LogP contribution is -2.35. The van der Waals surface area contributed by atoms with Gasteiger partial charge in [-0.15, -0.1) is 0 Å². The van der Waals surface area contributed by atoms with Crippen LogP contribution in [0.3, 0.4) is 0 Å². The van der Waals surface area contributed by atoms with Gasteiger partial charge in [0.2, 0.25) is 5.69 Å². The average Bonchev–Trinajstić information content (AvgIpc) is 2.57. The molecule has 1 aliphatic heterocycles. The molecule has 3 rings (SSSR count). The number of hydrogen-bond acceptors (Lipinski definition) is 0. The summed E-state index contributed by atoms with van der Waals surface area (Å²) in [5.74, 6) is 0. The second-order valence-corrected chi connectivity index (χ2v) is 4.81. The summed E-state index contributed by atoms with van der Waals surface area (Å²) < 4.78 is 2.40. The van der Waals surface area contributed by atoms with Crippen LogP contribution >= 0.6 is 0 Å². The SMILES string of the molecule is Cc1ccc2c(c1)-c1cc(C)cc(C)[n+]1C2. The molecular formula is C15H16N+. The number of rotatable bonds is 0. The van der Waals surface area contributed by atoms with Gasteiger partial charge in [0.25, 0.3) is 0 Å². The first-order chi connectivity index (χ1) is 7.65. The quantitative estimate of drug-likeness (QED) is 0.502. The molecule has 0 saturated carbocycles. The largest absolute Gasteiger partial charge is 0.213 e. The van der Waals surface area contributed by atoms with Crippen LogP contribution in [0.4, 0.5) is 0 Å². The number of aryl methyl sites for hydroxylation is 3. The maximum absolute atomic E-state index is 2.40. The Morgan fingerprint density at radius 1 is 0.938 bits per heavy atom. The van der Waals surface area contributed by atoms with E-state index in [1.54, 1.807) is 0 Å². The normalized spacial score (nSPS) is 12.4. The summed E-state index contributed by atoms with van der Waals surface area (Å²) in [5.41, 5.74) is 8.26. The van der Waals surface area contributed by atoms with E-state index in [0.717, 1.165) is 6.54 Å². The van der Waals surface area contributed by atoms with E-state index < -0.39 is 0 Å². The van der Waals surface area contributed by atoms with Crippen LogP contribution < -0.4 is 4.57 Å². The molecule has 16 heavy (non-hydrogen) atoms. The molecule has 0 N–H and O–H groups in total. The average molecular weight is 210 g/mol. The van der Waals surface area contributed by atoms with Crippen molar-refractivity contribution in [2.45, 2.75) is 27.3 Å². The molecular weight excluding hydrogens is 194 g/mol. The first kappa shape index (κ1) is 9.59. The van der Waals surface area contributed by atoms with E-state index in [9.17, 15) is 0 Å². The molecule has 1 aliphatic rings. The van der Waals surface area contributed by atoms with Gasteiger partial charge in [-0.2, -0.15) is 4.57 Å². The number of hydrogen-bond donors (Lipinski definition) is 0. The van der Waals surface area contributed by atoms with Gasteiger partial charge in [0.05, 0.1) is 5.56 Å². The Balaban J connectivity index is 2.31. The summed E-state index contributed by atoms with van der Waals surface area (Å²) >= 11 is 0. The van der Waals surface area contributed by atoms with E-state index in [0.29, 0.717) is 0 Å². The maximum atomic E-state index is 2.40. The van der Waals surface area contributed by atoms with Gasteiger partial charge in [-0.05, 0) is 25.5 Å². The Morgan fingerprint density at radius 3 is 2.56 bits per heavy atom. The van der Waals surface area contributed by atoms with Crippen molar-refractivity contribution < 1.29 is 4.57 Å². The van der Waals surface area contributed by atoms with E-state index in [1.165, 1.54) is 33.6 Å². The predicted molar refractivity (Wildman–Crippen MR) is 65.4 cm³/mol. The zero-order valence-corrected chi connectivity index (χ0v) is 10.0. The minimum atomic E-state index is 1.02. The summed E-state index contributed by atoms with van der Waals surface area (Å²) in [6.45, 7) is 7.54. The number of aromatic nitrogens is 1. The molecule has 1 heteroatoms. The fraction of sp³-hybridized carbons (Fsp3) is 0.267. The van der Waals surface area contributed by atoms with Crippen LogP contribution in [0, 0.1) is 20.8 Å². The monoisotopic (exact) mass is 210 g/mol. The van der Waals surface area contributed by atoms with Crippen molar-refractivity contribution in [1.29, 1.82) is 0 Å². The minimum absolute atomic E-state index is 1.02. The van der Waals surface area contributed by atoms with Gasteiger partial charge in [-0.25, -0.2) is 0 Å². The highest BCUT2D eigenvalue weighted by Gasteiger charge is 2.27. The molecule has 1 aromatic heterocycles. The summed E-state index contributed by atoms with van der Waals surface area (Å²) in [6, 6.07) is 11.3. The third-order valence-electron chi connectivity index (χ3n) is 3.39. The fourth-order valence-electron chi connectivity index (χ4n) is 2.60. The van der Waals surface area contributed by atoms with Gasteiger partial charge >= 0.3 is 0 Å². The standard InChI is InChI=1S/C15H16N/c1-10-4-5-13-9-16-12(3)6-11(2)8-15(16)14(13)7-10/h4-8H,9H2,1-3H3/q+1. The van der Waals surface area contributed by atoms with Crippen LogP contribution in [0.1, 0.15) is 22.4 Å². The molecule has 80 valence electrons. The second-order valence-electron chi connectivity index (χ2n) is 4.81. The second kappa shape index (κ2) is 3.18. The molecule has 0 saturated heterocycles. The van der Waals surface area contributed by atoms with Crippen molar-refractivity contribution in [3.8, 4) is 11.3 Å². The molecule has 0 aliphatic carbocycles. The van der Waals surface area contributed by atoms with E-state index in [2.05, 4.69) is 55.7 Å². The predicted octanol–water partition coefficient (Wildman–Crippen LogP) is 2.93. The molecule has 2 aromatic rings. The van der Waals surface area contributed by atoms with Crippen molar-refractivity contribution in [3.05, 3.63) is 52.7 Å². The Labute approximate surface area is 96.4 Å². The topological polar surface area (TPSA) is 3.88 Å². The number of benzene rings is 1. The molecule has 0 unspecified atom stereocenters. The van der Waals surface area contributed by atoms with Crippen LogP contribution in [-0.2, 0) is 6.54 Å². The van der Waals surface area contributed by atoms with Gasteiger partial charge < -0.3 is 0 Å². The van der Waals surface area contributed by atoms with Crippen LogP contribution in [0.15, 0.2) is 30.3 Å². The first-order valence-corrected chi connectivity index (χ1v) is 5.76. The molecule has 1 nitrogen and oxygen atoms in total. The molecule has 0 bridgehead atoms. The zero-order valence-electron chi connectivity index (χ0n) is 10.0. The summed E-state index contributed by atoms with van der Waals surface area (Å²) in [7, 11) is 0. The lowest BCUT2D eigenvalue weighted by molar-refractivity contribution is -0.678. The summed E-state index contributed by atoms with van der Waals surface area (Å²) in [6.07, 6.45) is 0. The lowest BCUT2D eigenvalue weighted by atomic mass is 10.0. The third kappa shape index (κ3) is 1.28. The molecule has 1 aromatic carbocycles. The highest BCUT2D eigenvalue weighted by atomic mass is 15.0. The van der Waals surface area contributed by atoms with Crippen LogP contribution in [0.5, 0.6) is 0 Å². The molecule has 0 spiro atoms. The van der Waals surface area contributed by atoms with Crippen molar-refractivity contribution >= 4 is 0 Å². The molecule has 0 radical (unpaired) electrons. The van der Waals surface area contributed by atoms with Gasteiger partial charge in [0, 0.05) is 24.6 Å². The molecule has 2 heterocycles. The van der Waals surface area contributed by atoms with Gasteiger partial charge in [0.15, 0.2) is 12.2 Å². The highest BCUT2D eigenvalue weighted by Crippen LogP contribution is 2.28. The third-order valence-corrected chi connectivity index (χ3v) is 3.39. The van der Waals surface area contributed by atoms with Crippen LogP contribution in [0.2, 0.25) is 0 Å². The van der Waals surface area contributed by atoms with Gasteiger partial charge in [0.1, 0.15) is 0 Å². The first-order valence-electron chi connectivity index (χ1n) is 5.76. The number of fused-ring (bicyclic) bond motifs is 3. The van der Waals surface area contributed by atoms with Crippen LogP contribution in [0.25, 0.3) is 11.3 Å². The van der Waals surface area contributed by atoms with Crippen molar-refractivity contribution in [2.24, 2.45) is 0 Å². The smallest absolute Gasteiger partial charge is 0.191 e. The van der Waals surface area contributed by atoms with Gasteiger partial charge in [-0.3, -0.25) is 0 Å². The number of pyridine rings is 1. The van der Waals surface area contributed by atoms with Crippen molar-refractivity contribution in [2.75, 3.05) is 0 Å². The van der Waals surface area contributed by atoms with E-state index in [-0.39, 0.29) is 0 Å². The van der Waals surface area contributed by atoms with Gasteiger partial charge in [-0.1, -0.05) is 17.7 Å². The number of nitrogens with zero attached hydrogens (tertiary/aromatic N) is 1.